The Morgan fingerprint density at radius 2 is 2.06 bits per heavy atom. The van der Waals surface area contributed by atoms with Crippen LogP contribution >= 0.6 is 0 Å². The van der Waals surface area contributed by atoms with Crippen molar-refractivity contribution in [3.63, 3.8) is 0 Å². The molecule has 0 aliphatic heterocycles. The van der Waals surface area contributed by atoms with Gasteiger partial charge in [0.1, 0.15) is 5.78 Å². The Morgan fingerprint density at radius 1 is 1.38 bits per heavy atom. The summed E-state index contributed by atoms with van der Waals surface area (Å²) in [5.41, 5.74) is 0. The van der Waals surface area contributed by atoms with Crippen molar-refractivity contribution in [2.24, 2.45) is 17.8 Å². The minimum absolute atomic E-state index is 0.170. The largest absolute Gasteiger partial charge is 0.469 e. The predicted molar refractivity (Wildman–Crippen MR) is 61.9 cm³/mol. The molecule has 0 amide bonds. The number of hydrogen-bond donors (Lipinski definition) is 0. The maximum atomic E-state index is 12.1. The summed E-state index contributed by atoms with van der Waals surface area (Å²) in [6, 6.07) is 0. The van der Waals surface area contributed by atoms with Gasteiger partial charge >= 0.3 is 5.97 Å². The molecule has 0 bridgehead atoms. The molecule has 1 rings (SSSR count). The first kappa shape index (κ1) is 13.2. The second-order valence-corrected chi connectivity index (χ2v) is 5.05. The standard InChI is InChI=1S/C13H22O3/c1-9-5-4-6-11(7-9)13(15)10(2)8-12(14)16-3/h9-11H,4-8H2,1-3H3. The first-order valence-corrected chi connectivity index (χ1v) is 6.15. The van der Waals surface area contributed by atoms with E-state index in [2.05, 4.69) is 11.7 Å². The normalized spacial score (nSPS) is 27.2. The number of ether oxygens (including phenoxy) is 1. The van der Waals surface area contributed by atoms with Gasteiger partial charge in [0.05, 0.1) is 13.5 Å². The molecule has 0 saturated heterocycles. The molecule has 1 aliphatic carbocycles. The molecule has 92 valence electrons. The number of hydrogen-bond acceptors (Lipinski definition) is 3. The van der Waals surface area contributed by atoms with Gasteiger partial charge in [0.2, 0.25) is 0 Å². The highest BCUT2D eigenvalue weighted by molar-refractivity contribution is 5.86. The van der Waals surface area contributed by atoms with E-state index in [0.29, 0.717) is 5.92 Å². The van der Waals surface area contributed by atoms with Crippen LogP contribution in [0.5, 0.6) is 0 Å². The molecule has 1 saturated carbocycles. The van der Waals surface area contributed by atoms with Crippen LogP contribution in [0.1, 0.15) is 46.0 Å². The van der Waals surface area contributed by atoms with Gasteiger partial charge in [-0.05, 0) is 18.8 Å². The molecule has 3 unspecified atom stereocenters. The zero-order chi connectivity index (χ0) is 12.1. The van der Waals surface area contributed by atoms with Crippen LogP contribution in [0, 0.1) is 17.8 Å². The average molecular weight is 226 g/mol. The summed E-state index contributed by atoms with van der Waals surface area (Å²) in [7, 11) is 1.36. The van der Waals surface area contributed by atoms with Crippen LogP contribution in [0.3, 0.4) is 0 Å². The molecule has 0 aromatic rings. The van der Waals surface area contributed by atoms with Gasteiger partial charge in [-0.15, -0.1) is 0 Å². The number of carbonyl (C=O) groups excluding carboxylic acids is 2. The van der Waals surface area contributed by atoms with Crippen molar-refractivity contribution in [2.75, 3.05) is 7.11 Å². The van der Waals surface area contributed by atoms with Crippen molar-refractivity contribution in [1.29, 1.82) is 0 Å². The fourth-order valence-electron chi connectivity index (χ4n) is 2.53. The summed E-state index contributed by atoms with van der Waals surface area (Å²) >= 11 is 0. The number of ketones is 1. The van der Waals surface area contributed by atoms with Gasteiger partial charge in [-0.3, -0.25) is 9.59 Å². The zero-order valence-electron chi connectivity index (χ0n) is 10.5. The number of methoxy groups -OCH3 is 1. The van der Waals surface area contributed by atoms with Crippen molar-refractivity contribution >= 4 is 11.8 Å². The molecular formula is C13H22O3. The molecule has 0 aromatic carbocycles. The van der Waals surface area contributed by atoms with Gasteiger partial charge in [0.15, 0.2) is 0 Å². The van der Waals surface area contributed by atoms with Crippen molar-refractivity contribution in [2.45, 2.75) is 46.0 Å². The minimum Gasteiger partial charge on any atom is -0.469 e. The van der Waals surface area contributed by atoms with Gasteiger partial charge in [-0.1, -0.05) is 26.7 Å². The molecule has 0 spiro atoms. The number of esters is 1. The van der Waals surface area contributed by atoms with Crippen LogP contribution in [0.15, 0.2) is 0 Å². The summed E-state index contributed by atoms with van der Waals surface area (Å²) in [6.45, 7) is 4.03. The van der Waals surface area contributed by atoms with E-state index in [1.54, 1.807) is 0 Å². The molecule has 3 atom stereocenters. The Morgan fingerprint density at radius 3 is 2.62 bits per heavy atom. The van der Waals surface area contributed by atoms with Gasteiger partial charge in [0.25, 0.3) is 0 Å². The summed E-state index contributed by atoms with van der Waals surface area (Å²) in [5.74, 6) is 0.584. The van der Waals surface area contributed by atoms with Crippen LogP contribution < -0.4 is 0 Å². The van der Waals surface area contributed by atoms with E-state index in [9.17, 15) is 9.59 Å². The van der Waals surface area contributed by atoms with E-state index in [1.165, 1.54) is 13.5 Å². The monoisotopic (exact) mass is 226 g/mol. The lowest BCUT2D eigenvalue weighted by Gasteiger charge is -2.27. The second kappa shape index (κ2) is 6.02. The van der Waals surface area contributed by atoms with Crippen molar-refractivity contribution in [3.05, 3.63) is 0 Å². The van der Waals surface area contributed by atoms with Crippen LogP contribution in [-0.4, -0.2) is 18.9 Å². The van der Waals surface area contributed by atoms with Crippen molar-refractivity contribution in [3.8, 4) is 0 Å². The summed E-state index contributed by atoms with van der Waals surface area (Å²) in [5, 5.41) is 0. The Hall–Kier alpha value is -0.860. The summed E-state index contributed by atoms with van der Waals surface area (Å²) < 4.78 is 4.59. The fourth-order valence-corrected chi connectivity index (χ4v) is 2.53. The van der Waals surface area contributed by atoms with Crippen LogP contribution in [-0.2, 0) is 14.3 Å². The highest BCUT2D eigenvalue weighted by Crippen LogP contribution is 2.31. The first-order valence-electron chi connectivity index (χ1n) is 6.15. The lowest BCUT2D eigenvalue weighted by molar-refractivity contribution is -0.144. The highest BCUT2D eigenvalue weighted by atomic mass is 16.5. The van der Waals surface area contributed by atoms with Gasteiger partial charge in [0, 0.05) is 11.8 Å². The fraction of sp³-hybridized carbons (Fsp3) is 0.846. The summed E-state index contributed by atoms with van der Waals surface area (Å²) in [4.78, 5) is 23.2. The van der Waals surface area contributed by atoms with E-state index >= 15 is 0 Å². The molecular weight excluding hydrogens is 204 g/mol. The quantitative estimate of drug-likeness (QED) is 0.692. The summed E-state index contributed by atoms with van der Waals surface area (Å²) in [6.07, 6.45) is 4.58. The topological polar surface area (TPSA) is 43.4 Å². The molecule has 3 heteroatoms. The van der Waals surface area contributed by atoms with E-state index in [-0.39, 0.29) is 30.0 Å². The Labute approximate surface area is 97.5 Å². The Kier molecular flexibility index (Phi) is 4.97. The molecule has 1 fully saturated rings. The third kappa shape index (κ3) is 3.62. The third-order valence-corrected chi connectivity index (χ3v) is 3.52. The SMILES string of the molecule is COC(=O)CC(C)C(=O)C1CCCC(C)C1. The third-order valence-electron chi connectivity index (χ3n) is 3.52. The maximum absolute atomic E-state index is 12.1. The average Bonchev–Trinajstić information content (AvgIpc) is 2.27. The lowest BCUT2D eigenvalue weighted by atomic mass is 9.77. The van der Waals surface area contributed by atoms with E-state index in [0.717, 1.165) is 19.3 Å². The number of carbonyl (C=O) groups is 2. The van der Waals surface area contributed by atoms with E-state index < -0.39 is 0 Å². The van der Waals surface area contributed by atoms with E-state index in [4.69, 9.17) is 0 Å². The van der Waals surface area contributed by atoms with Crippen LogP contribution in [0.2, 0.25) is 0 Å². The number of Topliss-reactive ketones (excluding diaryl/α,β-unsaturated/α-hetero) is 1. The first-order chi connectivity index (χ1) is 7.54. The van der Waals surface area contributed by atoms with Crippen molar-refractivity contribution < 1.29 is 14.3 Å². The van der Waals surface area contributed by atoms with Crippen LogP contribution in [0.4, 0.5) is 0 Å². The molecule has 1 aliphatic rings. The second-order valence-electron chi connectivity index (χ2n) is 5.05. The smallest absolute Gasteiger partial charge is 0.306 e. The molecule has 0 aromatic heterocycles. The molecule has 0 radical (unpaired) electrons. The highest BCUT2D eigenvalue weighted by Gasteiger charge is 2.29. The van der Waals surface area contributed by atoms with Gasteiger partial charge in [-0.2, -0.15) is 0 Å². The van der Waals surface area contributed by atoms with Gasteiger partial charge in [-0.25, -0.2) is 0 Å². The molecule has 0 N–H and O–H groups in total. The number of rotatable bonds is 4. The maximum Gasteiger partial charge on any atom is 0.306 e. The van der Waals surface area contributed by atoms with E-state index in [1.807, 2.05) is 6.92 Å². The lowest BCUT2D eigenvalue weighted by Crippen LogP contribution is -2.28. The Bertz CT molecular complexity index is 260. The van der Waals surface area contributed by atoms with Crippen LogP contribution in [0.25, 0.3) is 0 Å². The molecule has 3 nitrogen and oxygen atoms in total. The molecule has 16 heavy (non-hydrogen) atoms. The molecule has 0 heterocycles. The predicted octanol–water partition coefficient (Wildman–Crippen LogP) is 2.58. The zero-order valence-corrected chi connectivity index (χ0v) is 10.5. The van der Waals surface area contributed by atoms with Gasteiger partial charge < -0.3 is 4.74 Å². The Balaban J connectivity index is 2.46. The minimum atomic E-state index is -0.287. The van der Waals surface area contributed by atoms with Crippen molar-refractivity contribution in [1.82, 2.24) is 0 Å².